The Morgan fingerprint density at radius 2 is 2.39 bits per heavy atom. The summed E-state index contributed by atoms with van der Waals surface area (Å²) in [5, 5.41) is 4.37. The standard InChI is InChI=1S/C14H19BrClNO/c1-2-17-14(10-4-3-7-18-9-10)12-6-5-11(15)8-13(12)16/h5-6,8,10,14,17H,2-4,7,9H2,1H3. The molecule has 0 radical (unpaired) electrons. The maximum Gasteiger partial charge on any atom is 0.0512 e. The van der Waals surface area contributed by atoms with Crippen molar-refractivity contribution >= 4 is 27.5 Å². The van der Waals surface area contributed by atoms with Crippen LogP contribution >= 0.6 is 27.5 Å². The van der Waals surface area contributed by atoms with Gasteiger partial charge in [0, 0.05) is 28.1 Å². The van der Waals surface area contributed by atoms with E-state index in [0.29, 0.717) is 5.92 Å². The molecular formula is C14H19BrClNO. The van der Waals surface area contributed by atoms with E-state index in [1.165, 1.54) is 12.0 Å². The Morgan fingerprint density at radius 3 is 3.00 bits per heavy atom. The van der Waals surface area contributed by atoms with Crippen LogP contribution in [0.1, 0.15) is 31.4 Å². The SMILES string of the molecule is CCNC(c1ccc(Br)cc1Cl)C1CCCOC1. The topological polar surface area (TPSA) is 21.3 Å². The lowest BCUT2D eigenvalue weighted by Gasteiger charge is -2.31. The van der Waals surface area contributed by atoms with Crippen LogP contribution in [0.25, 0.3) is 0 Å². The van der Waals surface area contributed by atoms with Gasteiger partial charge in [0.15, 0.2) is 0 Å². The lowest BCUT2D eigenvalue weighted by Crippen LogP contribution is -2.33. The highest BCUT2D eigenvalue weighted by atomic mass is 79.9. The zero-order valence-corrected chi connectivity index (χ0v) is 12.9. The Labute approximate surface area is 122 Å². The summed E-state index contributed by atoms with van der Waals surface area (Å²) in [7, 11) is 0. The molecule has 0 spiro atoms. The lowest BCUT2D eigenvalue weighted by molar-refractivity contribution is 0.0393. The van der Waals surface area contributed by atoms with Crippen LogP contribution in [0, 0.1) is 5.92 Å². The number of benzene rings is 1. The van der Waals surface area contributed by atoms with Gasteiger partial charge in [-0.1, -0.05) is 40.5 Å². The van der Waals surface area contributed by atoms with E-state index < -0.39 is 0 Å². The van der Waals surface area contributed by atoms with Gasteiger partial charge in [-0.15, -0.1) is 0 Å². The summed E-state index contributed by atoms with van der Waals surface area (Å²) in [5.74, 6) is 0.511. The quantitative estimate of drug-likeness (QED) is 0.893. The highest BCUT2D eigenvalue weighted by Gasteiger charge is 2.26. The summed E-state index contributed by atoms with van der Waals surface area (Å²) in [5.41, 5.74) is 1.18. The number of hydrogen-bond acceptors (Lipinski definition) is 2. The number of hydrogen-bond donors (Lipinski definition) is 1. The van der Waals surface area contributed by atoms with E-state index in [4.69, 9.17) is 16.3 Å². The monoisotopic (exact) mass is 331 g/mol. The second kappa shape index (κ2) is 6.90. The zero-order chi connectivity index (χ0) is 13.0. The Morgan fingerprint density at radius 1 is 1.56 bits per heavy atom. The van der Waals surface area contributed by atoms with Crippen LogP contribution in [-0.4, -0.2) is 19.8 Å². The molecule has 2 nitrogen and oxygen atoms in total. The average Bonchev–Trinajstić information content (AvgIpc) is 2.38. The minimum Gasteiger partial charge on any atom is -0.381 e. The first-order valence-corrected chi connectivity index (χ1v) is 7.65. The summed E-state index contributed by atoms with van der Waals surface area (Å²) in [6, 6.07) is 6.41. The Kier molecular flexibility index (Phi) is 5.49. The highest BCUT2D eigenvalue weighted by molar-refractivity contribution is 9.10. The van der Waals surface area contributed by atoms with Gasteiger partial charge in [-0.05, 0) is 37.1 Å². The van der Waals surface area contributed by atoms with Gasteiger partial charge >= 0.3 is 0 Å². The molecule has 1 N–H and O–H groups in total. The molecule has 1 aliphatic rings. The van der Waals surface area contributed by atoms with E-state index >= 15 is 0 Å². The van der Waals surface area contributed by atoms with E-state index in [9.17, 15) is 0 Å². The third-order valence-corrected chi connectivity index (χ3v) is 4.21. The smallest absolute Gasteiger partial charge is 0.0512 e. The van der Waals surface area contributed by atoms with Crippen LogP contribution in [-0.2, 0) is 4.74 Å². The Bertz CT molecular complexity index is 393. The van der Waals surface area contributed by atoms with Gasteiger partial charge in [-0.2, -0.15) is 0 Å². The number of nitrogens with one attached hydrogen (secondary N) is 1. The van der Waals surface area contributed by atoms with Gasteiger partial charge in [-0.25, -0.2) is 0 Å². The molecule has 1 fully saturated rings. The summed E-state index contributed by atoms with van der Waals surface area (Å²) >= 11 is 9.82. The number of rotatable bonds is 4. The van der Waals surface area contributed by atoms with E-state index in [1.807, 2.05) is 6.07 Å². The molecule has 4 heteroatoms. The van der Waals surface area contributed by atoms with Gasteiger partial charge < -0.3 is 10.1 Å². The van der Waals surface area contributed by atoms with Gasteiger partial charge in [0.2, 0.25) is 0 Å². The van der Waals surface area contributed by atoms with Crippen molar-refractivity contribution in [1.29, 1.82) is 0 Å². The van der Waals surface area contributed by atoms with Crippen molar-refractivity contribution in [1.82, 2.24) is 5.32 Å². The largest absolute Gasteiger partial charge is 0.381 e. The summed E-state index contributed by atoms with van der Waals surface area (Å²) in [6.45, 7) is 4.78. The minimum atomic E-state index is 0.288. The molecule has 2 atom stereocenters. The van der Waals surface area contributed by atoms with Crippen LogP contribution in [0.5, 0.6) is 0 Å². The summed E-state index contributed by atoms with van der Waals surface area (Å²) in [6.07, 6.45) is 2.34. The molecule has 1 aliphatic heterocycles. The molecule has 0 bridgehead atoms. The molecule has 18 heavy (non-hydrogen) atoms. The predicted molar refractivity (Wildman–Crippen MR) is 79.1 cm³/mol. The molecule has 0 amide bonds. The number of ether oxygens (including phenoxy) is 1. The lowest BCUT2D eigenvalue weighted by atomic mass is 9.88. The molecule has 1 aromatic carbocycles. The van der Waals surface area contributed by atoms with Gasteiger partial charge in [0.25, 0.3) is 0 Å². The fraction of sp³-hybridized carbons (Fsp3) is 0.571. The fourth-order valence-electron chi connectivity index (χ4n) is 2.53. The first-order chi connectivity index (χ1) is 8.72. The second-order valence-electron chi connectivity index (χ2n) is 4.68. The van der Waals surface area contributed by atoms with E-state index in [0.717, 1.165) is 35.7 Å². The third-order valence-electron chi connectivity index (χ3n) is 3.39. The van der Waals surface area contributed by atoms with E-state index in [2.05, 4.69) is 40.3 Å². The van der Waals surface area contributed by atoms with Crippen molar-refractivity contribution in [3.63, 3.8) is 0 Å². The first-order valence-electron chi connectivity index (χ1n) is 6.48. The van der Waals surface area contributed by atoms with Crippen LogP contribution in [0.2, 0.25) is 5.02 Å². The van der Waals surface area contributed by atoms with E-state index in [1.54, 1.807) is 0 Å². The third kappa shape index (κ3) is 3.47. The molecule has 2 rings (SSSR count). The normalized spacial score (nSPS) is 21.8. The van der Waals surface area contributed by atoms with Crippen molar-refractivity contribution in [2.24, 2.45) is 5.92 Å². The molecule has 0 aliphatic carbocycles. The summed E-state index contributed by atoms with van der Waals surface area (Å²) < 4.78 is 6.62. The van der Waals surface area contributed by atoms with Crippen LogP contribution in [0.3, 0.4) is 0 Å². The summed E-state index contributed by atoms with van der Waals surface area (Å²) in [4.78, 5) is 0. The number of halogens is 2. The molecular weight excluding hydrogens is 314 g/mol. The molecule has 2 unspecified atom stereocenters. The molecule has 1 aromatic rings. The van der Waals surface area contributed by atoms with Crippen molar-refractivity contribution in [2.75, 3.05) is 19.8 Å². The van der Waals surface area contributed by atoms with Gasteiger partial charge in [0.1, 0.15) is 0 Å². The minimum absolute atomic E-state index is 0.288. The molecule has 0 saturated carbocycles. The second-order valence-corrected chi connectivity index (χ2v) is 6.00. The van der Waals surface area contributed by atoms with Crippen molar-refractivity contribution in [3.8, 4) is 0 Å². The van der Waals surface area contributed by atoms with Crippen molar-refractivity contribution < 1.29 is 4.74 Å². The fourth-order valence-corrected chi connectivity index (χ4v) is 3.32. The zero-order valence-electron chi connectivity index (χ0n) is 10.6. The maximum atomic E-state index is 6.37. The highest BCUT2D eigenvalue weighted by Crippen LogP contribution is 2.34. The van der Waals surface area contributed by atoms with Gasteiger partial charge in [0.05, 0.1) is 6.61 Å². The first kappa shape index (κ1) is 14.3. The van der Waals surface area contributed by atoms with Crippen LogP contribution < -0.4 is 5.32 Å². The van der Waals surface area contributed by atoms with Crippen molar-refractivity contribution in [3.05, 3.63) is 33.3 Å². The Hall–Kier alpha value is -0.0900. The van der Waals surface area contributed by atoms with E-state index in [-0.39, 0.29) is 6.04 Å². The van der Waals surface area contributed by atoms with Crippen LogP contribution in [0.4, 0.5) is 0 Å². The molecule has 1 saturated heterocycles. The average molecular weight is 333 g/mol. The predicted octanol–water partition coefficient (Wildman–Crippen LogP) is 4.18. The maximum absolute atomic E-state index is 6.37. The molecule has 0 aromatic heterocycles. The van der Waals surface area contributed by atoms with Crippen molar-refractivity contribution in [2.45, 2.75) is 25.8 Å². The molecule has 100 valence electrons. The van der Waals surface area contributed by atoms with Gasteiger partial charge in [-0.3, -0.25) is 0 Å². The Balaban J connectivity index is 2.22. The van der Waals surface area contributed by atoms with Crippen LogP contribution in [0.15, 0.2) is 22.7 Å². The molecule has 1 heterocycles.